The second-order valence-electron chi connectivity index (χ2n) is 5.95. The third kappa shape index (κ3) is 8.51. The predicted octanol–water partition coefficient (Wildman–Crippen LogP) is 3.23. The number of nitrogens with one attached hydrogen (secondary N) is 1. The Labute approximate surface area is 113 Å². The largest absolute Gasteiger partial charge is 0.351 e. The molecule has 0 aliphatic rings. The average molecular weight is 256 g/mol. The van der Waals surface area contributed by atoms with Gasteiger partial charge in [-0.15, -0.1) is 0 Å². The lowest BCUT2D eigenvalue weighted by Gasteiger charge is -2.26. The summed E-state index contributed by atoms with van der Waals surface area (Å²) in [5, 5.41) is 3.13. The smallest absolute Gasteiger partial charge is 0.220 e. The van der Waals surface area contributed by atoms with Crippen LogP contribution in [0.25, 0.3) is 0 Å². The van der Waals surface area contributed by atoms with Crippen LogP contribution in [0, 0.1) is 5.92 Å². The van der Waals surface area contributed by atoms with E-state index in [2.05, 4.69) is 33.0 Å². The molecular weight excluding hydrogens is 224 g/mol. The molecule has 18 heavy (non-hydrogen) atoms. The van der Waals surface area contributed by atoms with E-state index >= 15 is 0 Å². The molecule has 0 bridgehead atoms. The van der Waals surface area contributed by atoms with E-state index in [-0.39, 0.29) is 11.4 Å². The van der Waals surface area contributed by atoms with Crippen molar-refractivity contribution in [3.05, 3.63) is 0 Å². The molecule has 3 nitrogen and oxygen atoms in total. The van der Waals surface area contributed by atoms with E-state index < -0.39 is 0 Å². The van der Waals surface area contributed by atoms with Crippen LogP contribution in [0.4, 0.5) is 0 Å². The quantitative estimate of drug-likeness (QED) is 0.630. The Bertz CT molecular complexity index is 221. The Kier molecular flexibility index (Phi) is 9.08. The Morgan fingerprint density at radius 1 is 1.17 bits per heavy atom. The van der Waals surface area contributed by atoms with Gasteiger partial charge in [0, 0.05) is 12.0 Å². The first-order chi connectivity index (χ1) is 8.45. The topological polar surface area (TPSA) is 55.1 Å². The molecule has 0 radical (unpaired) electrons. The standard InChI is InChI=1S/C15H32N2O/c1-5-7-13(10-12-16)8-9-14(18)17-15(3,4)11-6-2/h13H,5-12,16H2,1-4H3,(H,17,18). The summed E-state index contributed by atoms with van der Waals surface area (Å²) >= 11 is 0. The summed E-state index contributed by atoms with van der Waals surface area (Å²) in [6.07, 6.45) is 7.13. The van der Waals surface area contributed by atoms with Crippen LogP contribution in [-0.2, 0) is 4.79 Å². The highest BCUT2D eigenvalue weighted by atomic mass is 16.1. The van der Waals surface area contributed by atoms with Crippen molar-refractivity contribution in [1.82, 2.24) is 5.32 Å². The maximum absolute atomic E-state index is 11.9. The van der Waals surface area contributed by atoms with Crippen molar-refractivity contribution in [1.29, 1.82) is 0 Å². The minimum atomic E-state index is -0.0695. The number of nitrogens with two attached hydrogens (primary N) is 1. The first kappa shape index (κ1) is 17.4. The summed E-state index contributed by atoms with van der Waals surface area (Å²) in [6, 6.07) is 0. The van der Waals surface area contributed by atoms with Crippen molar-refractivity contribution in [2.75, 3.05) is 6.54 Å². The molecule has 0 fully saturated rings. The van der Waals surface area contributed by atoms with Crippen LogP contribution in [-0.4, -0.2) is 18.0 Å². The first-order valence-electron chi connectivity index (χ1n) is 7.46. The molecule has 1 amide bonds. The van der Waals surface area contributed by atoms with E-state index in [0.29, 0.717) is 12.3 Å². The molecule has 0 heterocycles. The summed E-state index contributed by atoms with van der Waals surface area (Å²) in [6.45, 7) is 9.25. The van der Waals surface area contributed by atoms with Crippen molar-refractivity contribution in [2.45, 2.75) is 78.2 Å². The Morgan fingerprint density at radius 3 is 2.33 bits per heavy atom. The zero-order valence-electron chi connectivity index (χ0n) is 12.7. The van der Waals surface area contributed by atoms with Crippen LogP contribution in [0.5, 0.6) is 0 Å². The monoisotopic (exact) mass is 256 g/mol. The fourth-order valence-corrected chi connectivity index (χ4v) is 2.54. The van der Waals surface area contributed by atoms with Gasteiger partial charge in [0.15, 0.2) is 0 Å². The van der Waals surface area contributed by atoms with Gasteiger partial charge in [0.25, 0.3) is 0 Å². The number of amides is 1. The molecule has 3 N–H and O–H groups in total. The van der Waals surface area contributed by atoms with Crippen molar-refractivity contribution in [2.24, 2.45) is 11.7 Å². The molecule has 108 valence electrons. The molecule has 0 spiro atoms. The van der Waals surface area contributed by atoms with E-state index in [4.69, 9.17) is 5.73 Å². The van der Waals surface area contributed by atoms with Crippen LogP contribution in [0.1, 0.15) is 72.6 Å². The second-order valence-corrected chi connectivity index (χ2v) is 5.95. The highest BCUT2D eigenvalue weighted by Crippen LogP contribution is 2.18. The third-order valence-electron chi connectivity index (χ3n) is 3.40. The lowest BCUT2D eigenvalue weighted by molar-refractivity contribution is -0.123. The normalized spacial score (nSPS) is 13.4. The number of carbonyl (C=O) groups is 1. The van der Waals surface area contributed by atoms with Crippen LogP contribution in [0.15, 0.2) is 0 Å². The molecular formula is C15H32N2O. The van der Waals surface area contributed by atoms with Gasteiger partial charge in [0.1, 0.15) is 0 Å². The number of carbonyl (C=O) groups excluding carboxylic acids is 1. The molecule has 0 saturated heterocycles. The maximum Gasteiger partial charge on any atom is 0.220 e. The molecule has 1 unspecified atom stereocenters. The number of rotatable bonds is 10. The molecule has 0 aliphatic heterocycles. The van der Waals surface area contributed by atoms with E-state index in [1.165, 1.54) is 12.8 Å². The molecule has 1 atom stereocenters. The Morgan fingerprint density at radius 2 is 1.83 bits per heavy atom. The zero-order valence-corrected chi connectivity index (χ0v) is 12.7. The number of hydrogen-bond acceptors (Lipinski definition) is 2. The average Bonchev–Trinajstić information content (AvgIpc) is 2.25. The Balaban J connectivity index is 3.99. The fourth-order valence-electron chi connectivity index (χ4n) is 2.54. The van der Waals surface area contributed by atoms with E-state index in [0.717, 1.165) is 32.2 Å². The minimum Gasteiger partial charge on any atom is -0.351 e. The predicted molar refractivity (Wildman–Crippen MR) is 78.4 cm³/mol. The highest BCUT2D eigenvalue weighted by Gasteiger charge is 2.19. The lowest BCUT2D eigenvalue weighted by Crippen LogP contribution is -2.43. The SMILES string of the molecule is CCCC(CCN)CCC(=O)NC(C)(C)CCC. The molecule has 0 aromatic carbocycles. The molecule has 0 rings (SSSR count). The summed E-state index contributed by atoms with van der Waals surface area (Å²) in [5.41, 5.74) is 5.54. The summed E-state index contributed by atoms with van der Waals surface area (Å²) in [4.78, 5) is 11.9. The minimum absolute atomic E-state index is 0.0695. The van der Waals surface area contributed by atoms with Gasteiger partial charge < -0.3 is 11.1 Å². The van der Waals surface area contributed by atoms with Gasteiger partial charge in [0.05, 0.1) is 0 Å². The Hall–Kier alpha value is -0.570. The maximum atomic E-state index is 11.9. The van der Waals surface area contributed by atoms with Crippen LogP contribution < -0.4 is 11.1 Å². The molecule has 0 aromatic rings. The van der Waals surface area contributed by atoms with Crippen LogP contribution >= 0.6 is 0 Å². The van der Waals surface area contributed by atoms with Crippen molar-refractivity contribution < 1.29 is 4.79 Å². The molecule has 3 heteroatoms. The number of hydrogen-bond donors (Lipinski definition) is 2. The van der Waals surface area contributed by atoms with Gasteiger partial charge in [-0.2, -0.15) is 0 Å². The van der Waals surface area contributed by atoms with Crippen molar-refractivity contribution >= 4 is 5.91 Å². The summed E-state index contributed by atoms with van der Waals surface area (Å²) in [5.74, 6) is 0.798. The van der Waals surface area contributed by atoms with Crippen LogP contribution in [0.3, 0.4) is 0 Å². The van der Waals surface area contributed by atoms with Crippen molar-refractivity contribution in [3.8, 4) is 0 Å². The summed E-state index contributed by atoms with van der Waals surface area (Å²) in [7, 11) is 0. The van der Waals surface area contributed by atoms with Gasteiger partial charge >= 0.3 is 0 Å². The highest BCUT2D eigenvalue weighted by molar-refractivity contribution is 5.76. The lowest BCUT2D eigenvalue weighted by atomic mass is 9.93. The van der Waals surface area contributed by atoms with Crippen LogP contribution in [0.2, 0.25) is 0 Å². The van der Waals surface area contributed by atoms with Gasteiger partial charge in [-0.3, -0.25) is 4.79 Å². The summed E-state index contributed by atoms with van der Waals surface area (Å²) < 4.78 is 0. The van der Waals surface area contributed by atoms with Gasteiger partial charge in [0.2, 0.25) is 5.91 Å². The van der Waals surface area contributed by atoms with E-state index in [1.54, 1.807) is 0 Å². The van der Waals surface area contributed by atoms with Crippen molar-refractivity contribution in [3.63, 3.8) is 0 Å². The zero-order chi connectivity index (χ0) is 14.0. The third-order valence-corrected chi connectivity index (χ3v) is 3.40. The van der Waals surface area contributed by atoms with E-state index in [1.807, 2.05) is 0 Å². The fraction of sp³-hybridized carbons (Fsp3) is 0.933. The van der Waals surface area contributed by atoms with Gasteiger partial charge in [-0.25, -0.2) is 0 Å². The van der Waals surface area contributed by atoms with E-state index in [9.17, 15) is 4.79 Å². The van der Waals surface area contributed by atoms with Gasteiger partial charge in [-0.1, -0.05) is 33.1 Å². The molecule has 0 saturated carbocycles. The first-order valence-corrected chi connectivity index (χ1v) is 7.46. The van der Waals surface area contributed by atoms with Gasteiger partial charge in [-0.05, 0) is 45.6 Å². The molecule has 0 aromatic heterocycles. The molecule has 0 aliphatic carbocycles. The second kappa shape index (κ2) is 9.37.